The molecule has 0 aliphatic carbocycles. The van der Waals surface area contributed by atoms with Crippen molar-refractivity contribution in [3.63, 3.8) is 0 Å². The first-order valence-electron chi connectivity index (χ1n) is 5.55. The number of aromatic nitrogens is 1. The first-order valence-corrected chi connectivity index (χ1v) is 5.55. The Balaban J connectivity index is 2.54. The third kappa shape index (κ3) is 2.43. The number of pyridine rings is 1. The van der Waals surface area contributed by atoms with Crippen LogP contribution in [0.4, 0.5) is 0 Å². The van der Waals surface area contributed by atoms with Gasteiger partial charge in [0.05, 0.1) is 19.9 Å². The Morgan fingerprint density at radius 1 is 1.16 bits per heavy atom. The fourth-order valence-electron chi connectivity index (χ4n) is 1.73. The van der Waals surface area contributed by atoms with Crippen molar-refractivity contribution < 1.29 is 9.47 Å². The molecule has 1 aromatic carbocycles. The molecule has 0 spiro atoms. The van der Waals surface area contributed by atoms with Crippen molar-refractivity contribution >= 4 is 0 Å². The molecule has 5 heteroatoms. The van der Waals surface area contributed by atoms with Gasteiger partial charge in [0, 0.05) is 6.07 Å². The number of aromatic amines is 1. The Labute approximate surface area is 110 Å². The quantitative estimate of drug-likeness (QED) is 0.910. The highest BCUT2D eigenvalue weighted by molar-refractivity contribution is 5.63. The number of nitriles is 1. The number of hydrogen-bond acceptors (Lipinski definition) is 4. The molecule has 0 aliphatic heterocycles. The van der Waals surface area contributed by atoms with Gasteiger partial charge in [-0.1, -0.05) is 0 Å². The summed E-state index contributed by atoms with van der Waals surface area (Å²) in [7, 11) is 3.01. The molecule has 0 fully saturated rings. The Morgan fingerprint density at radius 2 is 1.84 bits per heavy atom. The average molecular weight is 256 g/mol. The molecule has 96 valence electrons. The van der Waals surface area contributed by atoms with Crippen LogP contribution < -0.4 is 15.0 Å². The van der Waals surface area contributed by atoms with Gasteiger partial charge in [-0.3, -0.25) is 4.79 Å². The molecular weight excluding hydrogens is 244 g/mol. The highest BCUT2D eigenvalue weighted by Gasteiger charge is 2.10. The zero-order valence-electron chi connectivity index (χ0n) is 10.6. The summed E-state index contributed by atoms with van der Waals surface area (Å²) in [6, 6.07) is 10.7. The van der Waals surface area contributed by atoms with Gasteiger partial charge in [0.15, 0.2) is 5.56 Å². The zero-order valence-corrected chi connectivity index (χ0v) is 10.6. The van der Waals surface area contributed by atoms with E-state index in [0.717, 1.165) is 11.3 Å². The number of H-pyrrole nitrogens is 1. The van der Waals surface area contributed by atoms with Gasteiger partial charge in [-0.2, -0.15) is 5.26 Å². The Kier molecular flexibility index (Phi) is 3.53. The smallest absolute Gasteiger partial charge is 0.270 e. The molecule has 0 bridgehead atoms. The number of nitrogens with one attached hydrogen (secondary N) is 1. The van der Waals surface area contributed by atoms with Crippen LogP contribution in [0.5, 0.6) is 11.5 Å². The first-order chi connectivity index (χ1) is 9.19. The second kappa shape index (κ2) is 5.27. The number of benzene rings is 1. The SMILES string of the molecule is COc1ccc(-c2cc(OC)c(C#N)c(=O)[nH]2)cc1. The molecule has 0 saturated carbocycles. The van der Waals surface area contributed by atoms with E-state index in [1.165, 1.54) is 7.11 Å². The van der Waals surface area contributed by atoms with Crippen LogP contribution >= 0.6 is 0 Å². The van der Waals surface area contributed by atoms with Crippen molar-refractivity contribution in [1.29, 1.82) is 5.26 Å². The molecule has 0 amide bonds. The Bertz CT molecular complexity index is 681. The number of nitrogens with zero attached hydrogens (tertiary/aromatic N) is 1. The van der Waals surface area contributed by atoms with E-state index < -0.39 is 5.56 Å². The summed E-state index contributed by atoms with van der Waals surface area (Å²) >= 11 is 0. The highest BCUT2D eigenvalue weighted by Crippen LogP contribution is 2.24. The molecular formula is C14H12N2O3. The van der Waals surface area contributed by atoms with E-state index in [0.29, 0.717) is 5.69 Å². The van der Waals surface area contributed by atoms with Crippen LogP contribution in [0, 0.1) is 11.3 Å². The molecule has 1 aromatic heterocycles. The van der Waals surface area contributed by atoms with Gasteiger partial charge in [0.1, 0.15) is 17.6 Å². The zero-order chi connectivity index (χ0) is 13.8. The second-order valence-corrected chi connectivity index (χ2v) is 3.80. The third-order valence-electron chi connectivity index (χ3n) is 2.73. The van der Waals surface area contributed by atoms with Crippen LogP contribution in [0.3, 0.4) is 0 Å². The molecule has 1 heterocycles. The maximum Gasteiger partial charge on any atom is 0.270 e. The first kappa shape index (κ1) is 12.7. The standard InChI is InChI=1S/C14H12N2O3/c1-18-10-5-3-9(4-6-10)12-7-13(19-2)11(8-15)14(17)16-12/h3-7H,1-2H3,(H,16,17). The summed E-state index contributed by atoms with van der Waals surface area (Å²) in [5, 5.41) is 8.89. The van der Waals surface area contributed by atoms with Crippen molar-refractivity contribution in [3.05, 3.63) is 46.2 Å². The molecule has 2 aromatic rings. The summed E-state index contributed by atoms with van der Waals surface area (Å²) in [5.74, 6) is 0.990. The molecule has 1 N–H and O–H groups in total. The Morgan fingerprint density at radius 3 is 2.37 bits per heavy atom. The minimum atomic E-state index is -0.465. The van der Waals surface area contributed by atoms with Crippen LogP contribution in [0.1, 0.15) is 5.56 Å². The molecule has 0 saturated heterocycles. The van der Waals surface area contributed by atoms with Crippen LogP contribution in [-0.2, 0) is 0 Å². The van der Waals surface area contributed by atoms with Crippen LogP contribution in [0.25, 0.3) is 11.3 Å². The number of methoxy groups -OCH3 is 2. The second-order valence-electron chi connectivity index (χ2n) is 3.80. The highest BCUT2D eigenvalue weighted by atomic mass is 16.5. The lowest BCUT2D eigenvalue weighted by Gasteiger charge is -2.07. The molecule has 0 radical (unpaired) electrons. The summed E-state index contributed by atoms with van der Waals surface area (Å²) in [6.45, 7) is 0. The normalized spacial score (nSPS) is 9.74. The monoisotopic (exact) mass is 256 g/mol. The van der Waals surface area contributed by atoms with Gasteiger partial charge in [-0.15, -0.1) is 0 Å². The van der Waals surface area contributed by atoms with E-state index in [1.807, 2.05) is 18.2 Å². The molecule has 2 rings (SSSR count). The summed E-state index contributed by atoms with van der Waals surface area (Å²) in [5.41, 5.74) is 0.900. The number of rotatable bonds is 3. The maximum absolute atomic E-state index is 11.8. The maximum atomic E-state index is 11.8. The Hall–Kier alpha value is -2.74. The van der Waals surface area contributed by atoms with Gasteiger partial charge in [-0.05, 0) is 29.8 Å². The lowest BCUT2D eigenvalue weighted by atomic mass is 10.1. The van der Waals surface area contributed by atoms with E-state index in [4.69, 9.17) is 14.7 Å². The van der Waals surface area contributed by atoms with Crippen molar-refractivity contribution in [2.75, 3.05) is 14.2 Å². The van der Waals surface area contributed by atoms with Gasteiger partial charge in [0.25, 0.3) is 5.56 Å². The summed E-state index contributed by atoms with van der Waals surface area (Å²) in [4.78, 5) is 14.4. The van der Waals surface area contributed by atoms with Gasteiger partial charge in [-0.25, -0.2) is 0 Å². The van der Waals surface area contributed by atoms with Crippen LogP contribution in [0.2, 0.25) is 0 Å². The lowest BCUT2D eigenvalue weighted by Crippen LogP contribution is -2.12. The van der Waals surface area contributed by atoms with Gasteiger partial charge in [0.2, 0.25) is 0 Å². The average Bonchev–Trinajstić information content (AvgIpc) is 2.46. The fourth-order valence-corrected chi connectivity index (χ4v) is 1.73. The molecule has 0 atom stereocenters. The molecule has 19 heavy (non-hydrogen) atoms. The van der Waals surface area contributed by atoms with Crippen molar-refractivity contribution in [2.45, 2.75) is 0 Å². The minimum Gasteiger partial charge on any atom is -0.497 e. The molecule has 0 unspecified atom stereocenters. The topological polar surface area (TPSA) is 75.1 Å². The van der Waals surface area contributed by atoms with Gasteiger partial charge >= 0.3 is 0 Å². The third-order valence-corrected chi connectivity index (χ3v) is 2.73. The van der Waals surface area contributed by atoms with Crippen molar-refractivity contribution in [1.82, 2.24) is 4.98 Å². The minimum absolute atomic E-state index is 0.0280. The predicted octanol–water partition coefficient (Wildman–Crippen LogP) is 1.93. The van der Waals surface area contributed by atoms with Crippen molar-refractivity contribution in [3.8, 4) is 28.8 Å². The fraction of sp³-hybridized carbons (Fsp3) is 0.143. The number of ether oxygens (including phenoxy) is 2. The van der Waals surface area contributed by atoms with Crippen LogP contribution in [-0.4, -0.2) is 19.2 Å². The van der Waals surface area contributed by atoms with E-state index in [-0.39, 0.29) is 11.3 Å². The number of hydrogen-bond donors (Lipinski definition) is 1. The lowest BCUT2D eigenvalue weighted by molar-refractivity contribution is 0.412. The summed E-state index contributed by atoms with van der Waals surface area (Å²) in [6.07, 6.45) is 0. The van der Waals surface area contributed by atoms with E-state index in [9.17, 15) is 4.79 Å². The largest absolute Gasteiger partial charge is 0.497 e. The van der Waals surface area contributed by atoms with Gasteiger partial charge < -0.3 is 14.5 Å². The summed E-state index contributed by atoms with van der Waals surface area (Å²) < 4.78 is 10.1. The molecule has 0 aliphatic rings. The van der Waals surface area contributed by atoms with E-state index >= 15 is 0 Å². The van der Waals surface area contributed by atoms with E-state index in [1.54, 1.807) is 25.3 Å². The van der Waals surface area contributed by atoms with E-state index in [2.05, 4.69) is 4.98 Å². The van der Waals surface area contributed by atoms with Crippen molar-refractivity contribution in [2.24, 2.45) is 0 Å². The molecule has 5 nitrogen and oxygen atoms in total. The predicted molar refractivity (Wildman–Crippen MR) is 70.3 cm³/mol. The van der Waals surface area contributed by atoms with Crippen LogP contribution in [0.15, 0.2) is 35.1 Å².